The number of likely N-dealkylation sites (tertiary alicyclic amines) is 1. The monoisotopic (exact) mass is 242 g/mol. The van der Waals surface area contributed by atoms with Crippen molar-refractivity contribution in [2.75, 3.05) is 13.1 Å². The van der Waals surface area contributed by atoms with Crippen LogP contribution in [0.2, 0.25) is 0 Å². The Bertz CT molecular complexity index is 416. The second kappa shape index (κ2) is 6.02. The number of hydrogen-bond donors (Lipinski definition) is 0. The van der Waals surface area contributed by atoms with E-state index in [-0.39, 0.29) is 6.04 Å². The Kier molecular flexibility index (Phi) is 4.38. The van der Waals surface area contributed by atoms with E-state index in [9.17, 15) is 5.26 Å². The van der Waals surface area contributed by atoms with Gasteiger partial charge in [0.1, 0.15) is 6.04 Å². The van der Waals surface area contributed by atoms with Crippen LogP contribution in [0.15, 0.2) is 24.3 Å². The number of nitriles is 1. The van der Waals surface area contributed by atoms with E-state index in [1.165, 1.54) is 18.4 Å². The van der Waals surface area contributed by atoms with Crippen molar-refractivity contribution in [3.05, 3.63) is 35.4 Å². The lowest BCUT2D eigenvalue weighted by atomic mass is 9.96. The molecule has 1 saturated heterocycles. The summed E-state index contributed by atoms with van der Waals surface area (Å²) in [6.07, 6.45) is 3.56. The molecule has 1 aliphatic rings. The lowest BCUT2D eigenvalue weighted by molar-refractivity contribution is 0.156. The van der Waals surface area contributed by atoms with Gasteiger partial charge in [0.15, 0.2) is 0 Å². The molecule has 0 N–H and O–H groups in total. The van der Waals surface area contributed by atoms with Crippen LogP contribution >= 0.6 is 0 Å². The lowest BCUT2D eigenvalue weighted by Crippen LogP contribution is -2.36. The number of hydrogen-bond acceptors (Lipinski definition) is 2. The predicted octanol–water partition coefficient (Wildman–Crippen LogP) is 3.55. The van der Waals surface area contributed by atoms with Crippen molar-refractivity contribution in [1.29, 1.82) is 5.26 Å². The normalized spacial score (nSPS) is 22.4. The number of benzene rings is 1. The SMILES string of the molecule is CCc1ccc(C(C#N)N2CCCC(C)C2)cc1. The Labute approximate surface area is 110 Å². The summed E-state index contributed by atoms with van der Waals surface area (Å²) in [6.45, 7) is 6.54. The Balaban J connectivity index is 2.14. The zero-order chi connectivity index (χ0) is 13.0. The Morgan fingerprint density at radius 2 is 2.11 bits per heavy atom. The second-order valence-corrected chi connectivity index (χ2v) is 5.37. The molecule has 1 aromatic rings. The van der Waals surface area contributed by atoms with Gasteiger partial charge in [-0.25, -0.2) is 0 Å². The van der Waals surface area contributed by atoms with E-state index in [4.69, 9.17) is 0 Å². The van der Waals surface area contributed by atoms with Gasteiger partial charge in [0.05, 0.1) is 6.07 Å². The second-order valence-electron chi connectivity index (χ2n) is 5.37. The standard InChI is InChI=1S/C16H22N2/c1-3-14-6-8-15(9-7-14)16(11-17)18-10-4-5-13(2)12-18/h6-9,13,16H,3-5,10,12H2,1-2H3. The number of rotatable bonds is 3. The van der Waals surface area contributed by atoms with Crippen molar-refractivity contribution in [1.82, 2.24) is 4.90 Å². The Hall–Kier alpha value is -1.33. The first kappa shape index (κ1) is 13.1. The highest BCUT2D eigenvalue weighted by Gasteiger charge is 2.24. The molecule has 2 nitrogen and oxygen atoms in total. The zero-order valence-electron chi connectivity index (χ0n) is 11.4. The minimum atomic E-state index is -0.0707. The average molecular weight is 242 g/mol. The molecule has 2 unspecified atom stereocenters. The van der Waals surface area contributed by atoms with Crippen LogP contribution < -0.4 is 0 Å². The first-order chi connectivity index (χ1) is 8.74. The Morgan fingerprint density at radius 1 is 1.39 bits per heavy atom. The minimum Gasteiger partial charge on any atom is -0.284 e. The van der Waals surface area contributed by atoms with Gasteiger partial charge >= 0.3 is 0 Å². The molecule has 18 heavy (non-hydrogen) atoms. The van der Waals surface area contributed by atoms with Crippen molar-refractivity contribution in [3.63, 3.8) is 0 Å². The molecule has 2 atom stereocenters. The van der Waals surface area contributed by atoms with E-state index >= 15 is 0 Å². The molecule has 0 spiro atoms. The molecule has 0 radical (unpaired) electrons. The quantitative estimate of drug-likeness (QED) is 0.810. The Morgan fingerprint density at radius 3 is 2.67 bits per heavy atom. The van der Waals surface area contributed by atoms with Gasteiger partial charge < -0.3 is 0 Å². The largest absolute Gasteiger partial charge is 0.284 e. The molecule has 0 bridgehead atoms. The van der Waals surface area contributed by atoms with Gasteiger partial charge in [-0.3, -0.25) is 4.90 Å². The third-order valence-electron chi connectivity index (χ3n) is 3.88. The molecule has 96 valence electrons. The average Bonchev–Trinajstić information content (AvgIpc) is 2.40. The van der Waals surface area contributed by atoms with Crippen LogP contribution in [0.5, 0.6) is 0 Å². The third kappa shape index (κ3) is 2.91. The first-order valence-corrected chi connectivity index (χ1v) is 6.97. The highest BCUT2D eigenvalue weighted by molar-refractivity contribution is 5.28. The molecular weight excluding hydrogens is 220 g/mol. The van der Waals surface area contributed by atoms with Gasteiger partial charge in [-0.1, -0.05) is 38.1 Å². The third-order valence-corrected chi connectivity index (χ3v) is 3.88. The molecule has 0 amide bonds. The summed E-state index contributed by atoms with van der Waals surface area (Å²) in [5, 5.41) is 9.45. The van der Waals surface area contributed by atoms with Crippen LogP contribution in [0.4, 0.5) is 0 Å². The van der Waals surface area contributed by atoms with Gasteiger partial charge in [-0.15, -0.1) is 0 Å². The molecule has 0 aliphatic carbocycles. The summed E-state index contributed by atoms with van der Waals surface area (Å²) in [5.74, 6) is 0.713. The van der Waals surface area contributed by atoms with Crippen LogP contribution in [0.3, 0.4) is 0 Å². The maximum Gasteiger partial charge on any atom is 0.123 e. The van der Waals surface area contributed by atoms with Crippen molar-refractivity contribution in [3.8, 4) is 6.07 Å². The van der Waals surface area contributed by atoms with Gasteiger partial charge in [-0.05, 0) is 42.9 Å². The van der Waals surface area contributed by atoms with Crippen molar-refractivity contribution >= 4 is 0 Å². The first-order valence-electron chi connectivity index (χ1n) is 6.97. The fraction of sp³-hybridized carbons (Fsp3) is 0.562. The maximum absolute atomic E-state index is 9.45. The molecule has 1 heterocycles. The van der Waals surface area contributed by atoms with E-state index in [0.717, 1.165) is 25.1 Å². The lowest BCUT2D eigenvalue weighted by Gasteiger charge is -2.34. The number of nitrogens with zero attached hydrogens (tertiary/aromatic N) is 2. The van der Waals surface area contributed by atoms with Crippen LogP contribution in [0, 0.1) is 17.2 Å². The zero-order valence-corrected chi connectivity index (χ0v) is 11.4. The fourth-order valence-electron chi connectivity index (χ4n) is 2.76. The van der Waals surface area contributed by atoms with Crippen molar-refractivity contribution in [2.45, 2.75) is 39.2 Å². The summed E-state index contributed by atoms with van der Waals surface area (Å²) < 4.78 is 0. The summed E-state index contributed by atoms with van der Waals surface area (Å²) in [6, 6.07) is 10.9. The molecule has 2 heteroatoms. The summed E-state index contributed by atoms with van der Waals surface area (Å²) in [4.78, 5) is 2.33. The van der Waals surface area contributed by atoms with E-state index in [0.29, 0.717) is 5.92 Å². The van der Waals surface area contributed by atoms with Gasteiger partial charge in [-0.2, -0.15) is 5.26 Å². The van der Waals surface area contributed by atoms with E-state index < -0.39 is 0 Å². The smallest absolute Gasteiger partial charge is 0.123 e. The molecule has 1 fully saturated rings. The minimum absolute atomic E-state index is 0.0707. The van der Waals surface area contributed by atoms with Crippen LogP contribution in [-0.2, 0) is 6.42 Å². The summed E-state index contributed by atoms with van der Waals surface area (Å²) >= 11 is 0. The summed E-state index contributed by atoms with van der Waals surface area (Å²) in [5.41, 5.74) is 2.48. The van der Waals surface area contributed by atoms with Gasteiger partial charge in [0.25, 0.3) is 0 Å². The van der Waals surface area contributed by atoms with Gasteiger partial charge in [0.2, 0.25) is 0 Å². The van der Waals surface area contributed by atoms with Crippen molar-refractivity contribution < 1.29 is 0 Å². The highest BCUT2D eigenvalue weighted by Crippen LogP contribution is 2.26. The van der Waals surface area contributed by atoms with E-state index in [1.54, 1.807) is 0 Å². The van der Waals surface area contributed by atoms with E-state index in [1.807, 2.05) is 0 Å². The topological polar surface area (TPSA) is 27.0 Å². The van der Waals surface area contributed by atoms with Crippen LogP contribution in [0.25, 0.3) is 0 Å². The fourth-order valence-corrected chi connectivity index (χ4v) is 2.76. The summed E-state index contributed by atoms with van der Waals surface area (Å²) in [7, 11) is 0. The highest BCUT2D eigenvalue weighted by atomic mass is 15.2. The van der Waals surface area contributed by atoms with E-state index in [2.05, 4.69) is 49.1 Å². The van der Waals surface area contributed by atoms with Crippen molar-refractivity contribution in [2.24, 2.45) is 5.92 Å². The molecular formula is C16H22N2. The van der Waals surface area contributed by atoms with Crippen LogP contribution in [0.1, 0.15) is 43.9 Å². The number of piperidine rings is 1. The van der Waals surface area contributed by atoms with Gasteiger partial charge in [0, 0.05) is 6.54 Å². The maximum atomic E-state index is 9.45. The molecule has 0 saturated carbocycles. The molecule has 1 aliphatic heterocycles. The molecule has 0 aromatic heterocycles. The van der Waals surface area contributed by atoms with Crippen LogP contribution in [-0.4, -0.2) is 18.0 Å². The predicted molar refractivity (Wildman–Crippen MR) is 74.1 cm³/mol. The molecule has 2 rings (SSSR count). The number of aryl methyl sites for hydroxylation is 1. The molecule has 1 aromatic carbocycles.